The first-order valence-electron chi connectivity index (χ1n) is 10.9. The summed E-state index contributed by atoms with van der Waals surface area (Å²) in [6.07, 6.45) is -2.77. The van der Waals surface area contributed by atoms with Gasteiger partial charge in [0.25, 0.3) is 0 Å². The lowest BCUT2D eigenvalue weighted by Gasteiger charge is -2.38. The number of likely N-dealkylation sites (tertiary alicyclic amines) is 1. The maximum Gasteiger partial charge on any atom is 0.416 e. The van der Waals surface area contributed by atoms with Gasteiger partial charge in [-0.15, -0.1) is 0 Å². The summed E-state index contributed by atoms with van der Waals surface area (Å²) in [4.78, 5) is 26.6. The predicted octanol–water partition coefficient (Wildman–Crippen LogP) is 5.43. The Hall–Kier alpha value is -3.10. The van der Waals surface area contributed by atoms with Gasteiger partial charge in [0.1, 0.15) is 5.82 Å². The number of amides is 3. The number of halogens is 4. The summed E-state index contributed by atoms with van der Waals surface area (Å²) in [5.41, 5.74) is 0.0696. The molecule has 9 heteroatoms. The van der Waals surface area contributed by atoms with E-state index < -0.39 is 17.8 Å². The Morgan fingerprint density at radius 2 is 1.82 bits per heavy atom. The second kappa shape index (κ2) is 10.7. The first-order valence-corrected chi connectivity index (χ1v) is 10.9. The highest BCUT2D eigenvalue weighted by atomic mass is 19.4. The summed E-state index contributed by atoms with van der Waals surface area (Å²) in [6, 6.07) is 10.0. The molecule has 0 spiro atoms. The molecule has 178 valence electrons. The molecule has 5 nitrogen and oxygen atoms in total. The first-order chi connectivity index (χ1) is 15.7. The molecule has 2 atom stereocenters. The quantitative estimate of drug-likeness (QED) is 0.559. The Bertz CT molecular complexity index is 963. The molecule has 0 aliphatic carbocycles. The van der Waals surface area contributed by atoms with Gasteiger partial charge >= 0.3 is 12.2 Å². The molecule has 0 unspecified atom stereocenters. The number of rotatable bonds is 6. The molecule has 1 aliphatic heterocycles. The smallest absolute Gasteiger partial charge is 0.352 e. The minimum atomic E-state index is -4.48. The van der Waals surface area contributed by atoms with Crippen LogP contribution in [0.1, 0.15) is 37.3 Å². The van der Waals surface area contributed by atoms with Crippen molar-refractivity contribution in [2.45, 2.75) is 38.9 Å². The molecule has 2 aromatic rings. The lowest BCUT2D eigenvalue weighted by atomic mass is 9.81. The Balaban J connectivity index is 1.51. The Labute approximate surface area is 190 Å². The zero-order valence-corrected chi connectivity index (χ0v) is 18.3. The van der Waals surface area contributed by atoms with Gasteiger partial charge in [-0.1, -0.05) is 31.5 Å². The molecule has 2 aromatic carbocycles. The van der Waals surface area contributed by atoms with Crippen molar-refractivity contribution in [2.24, 2.45) is 11.8 Å². The molecule has 2 N–H and O–H groups in total. The van der Waals surface area contributed by atoms with Crippen molar-refractivity contribution in [1.82, 2.24) is 10.2 Å². The third-order valence-corrected chi connectivity index (χ3v) is 5.99. The van der Waals surface area contributed by atoms with Crippen LogP contribution in [0.4, 0.5) is 28.0 Å². The van der Waals surface area contributed by atoms with E-state index >= 15 is 0 Å². The summed E-state index contributed by atoms with van der Waals surface area (Å²) >= 11 is 0. The van der Waals surface area contributed by atoms with Crippen LogP contribution in [0.15, 0.2) is 48.5 Å². The molecule has 1 aliphatic rings. The number of benzene rings is 2. The van der Waals surface area contributed by atoms with E-state index in [1.165, 1.54) is 24.3 Å². The van der Waals surface area contributed by atoms with Gasteiger partial charge in [0.2, 0.25) is 5.91 Å². The number of carbonyl (C=O) groups is 2. The van der Waals surface area contributed by atoms with E-state index in [1.54, 1.807) is 17.0 Å². The summed E-state index contributed by atoms with van der Waals surface area (Å²) in [6.45, 7) is 3.14. The minimum Gasteiger partial charge on any atom is -0.352 e. The number of nitrogens with zero attached hydrogens (tertiary/aromatic N) is 1. The minimum absolute atomic E-state index is 0.0881. The highest BCUT2D eigenvalue weighted by Gasteiger charge is 2.33. The van der Waals surface area contributed by atoms with Crippen LogP contribution in [0.3, 0.4) is 0 Å². The van der Waals surface area contributed by atoms with Crippen LogP contribution in [-0.2, 0) is 17.5 Å². The van der Waals surface area contributed by atoms with Gasteiger partial charge in [-0.05, 0) is 54.2 Å². The van der Waals surface area contributed by atoms with Crippen LogP contribution < -0.4 is 10.6 Å². The normalized spacial score (nSPS) is 18.6. The van der Waals surface area contributed by atoms with Gasteiger partial charge in [-0.2, -0.15) is 13.2 Å². The third kappa shape index (κ3) is 6.94. The fraction of sp³-hybridized carbons (Fsp3) is 0.417. The predicted molar refractivity (Wildman–Crippen MR) is 117 cm³/mol. The van der Waals surface area contributed by atoms with Crippen LogP contribution >= 0.6 is 0 Å². The van der Waals surface area contributed by atoms with Crippen molar-refractivity contribution >= 4 is 17.6 Å². The second-order valence-electron chi connectivity index (χ2n) is 8.28. The molecule has 3 amide bonds. The van der Waals surface area contributed by atoms with Crippen LogP contribution in [-0.4, -0.2) is 29.9 Å². The van der Waals surface area contributed by atoms with E-state index in [1.807, 2.05) is 6.92 Å². The van der Waals surface area contributed by atoms with Crippen LogP contribution in [0.2, 0.25) is 0 Å². The topological polar surface area (TPSA) is 61.4 Å². The number of hydrogen-bond donors (Lipinski definition) is 2. The van der Waals surface area contributed by atoms with E-state index in [0.717, 1.165) is 24.1 Å². The van der Waals surface area contributed by atoms with Crippen molar-refractivity contribution in [3.63, 3.8) is 0 Å². The number of nitrogens with one attached hydrogen (secondary N) is 2. The highest BCUT2D eigenvalue weighted by molar-refractivity contribution is 5.89. The van der Waals surface area contributed by atoms with E-state index in [2.05, 4.69) is 10.6 Å². The number of hydrogen-bond acceptors (Lipinski definition) is 2. The van der Waals surface area contributed by atoms with Gasteiger partial charge in [0, 0.05) is 31.7 Å². The summed E-state index contributed by atoms with van der Waals surface area (Å²) in [7, 11) is 0. The Kier molecular flexibility index (Phi) is 7.94. The maximum absolute atomic E-state index is 13.0. The molecule has 0 radical (unpaired) electrons. The second-order valence-corrected chi connectivity index (χ2v) is 8.28. The third-order valence-electron chi connectivity index (χ3n) is 5.99. The highest BCUT2D eigenvalue weighted by Crippen LogP contribution is 2.32. The lowest BCUT2D eigenvalue weighted by molar-refractivity contribution is -0.137. The van der Waals surface area contributed by atoms with Gasteiger partial charge in [0.15, 0.2) is 0 Å². The van der Waals surface area contributed by atoms with Crippen LogP contribution in [0.25, 0.3) is 0 Å². The summed E-state index contributed by atoms with van der Waals surface area (Å²) in [5.74, 6) is -0.243. The van der Waals surface area contributed by atoms with Crippen molar-refractivity contribution in [1.29, 1.82) is 0 Å². The van der Waals surface area contributed by atoms with E-state index in [0.29, 0.717) is 32.5 Å². The van der Waals surface area contributed by atoms with E-state index in [4.69, 9.17) is 0 Å². The van der Waals surface area contributed by atoms with Crippen LogP contribution in [0, 0.1) is 17.7 Å². The fourth-order valence-electron chi connectivity index (χ4n) is 4.09. The monoisotopic (exact) mass is 465 g/mol. The zero-order chi connectivity index (χ0) is 24.0. The first kappa shape index (κ1) is 24.5. The average molecular weight is 465 g/mol. The molecule has 0 aromatic heterocycles. The standard InChI is InChI=1S/C24H27F4N3O2/c1-2-17-15-31(23(33)30-21-5-3-4-19(13-21)24(26,27)28)11-10-18(17)12-22(32)29-14-16-6-8-20(25)9-7-16/h3-9,13,17-18H,2,10-12,14-15H2,1H3,(H,29,32)(H,30,33)/t17-,18-/m0/s1. The lowest BCUT2D eigenvalue weighted by Crippen LogP contribution is -2.46. The molecule has 1 fully saturated rings. The van der Waals surface area contributed by atoms with Crippen LogP contribution in [0.5, 0.6) is 0 Å². The van der Waals surface area contributed by atoms with E-state index in [9.17, 15) is 27.2 Å². The molecule has 1 heterocycles. The Morgan fingerprint density at radius 3 is 2.48 bits per heavy atom. The Morgan fingerprint density at radius 1 is 1.09 bits per heavy atom. The largest absolute Gasteiger partial charge is 0.416 e. The van der Waals surface area contributed by atoms with Crippen molar-refractivity contribution in [3.8, 4) is 0 Å². The number of carbonyl (C=O) groups excluding carboxylic acids is 2. The zero-order valence-electron chi connectivity index (χ0n) is 18.3. The number of urea groups is 1. The molecule has 1 saturated heterocycles. The van der Waals surface area contributed by atoms with Crippen molar-refractivity contribution in [2.75, 3.05) is 18.4 Å². The van der Waals surface area contributed by atoms with Crippen molar-refractivity contribution in [3.05, 3.63) is 65.5 Å². The molecule has 33 heavy (non-hydrogen) atoms. The van der Waals surface area contributed by atoms with Gasteiger partial charge in [-0.25, -0.2) is 9.18 Å². The number of piperidine rings is 1. The molecule has 3 rings (SSSR count). The summed E-state index contributed by atoms with van der Waals surface area (Å²) in [5, 5.41) is 5.40. The summed E-state index contributed by atoms with van der Waals surface area (Å²) < 4.78 is 51.7. The molecule has 0 bridgehead atoms. The molecule has 0 saturated carbocycles. The van der Waals surface area contributed by atoms with Gasteiger partial charge in [0.05, 0.1) is 5.56 Å². The van der Waals surface area contributed by atoms with E-state index in [-0.39, 0.29) is 29.2 Å². The SMILES string of the molecule is CC[C@H]1CN(C(=O)Nc2cccc(C(F)(F)F)c2)CC[C@H]1CC(=O)NCc1ccc(F)cc1. The fourth-order valence-corrected chi connectivity index (χ4v) is 4.09. The van der Waals surface area contributed by atoms with Gasteiger partial charge < -0.3 is 15.5 Å². The molecular formula is C24H27F4N3O2. The molecular weight excluding hydrogens is 438 g/mol. The maximum atomic E-state index is 13.0. The van der Waals surface area contributed by atoms with Crippen molar-refractivity contribution < 1.29 is 27.2 Å². The number of anilines is 1. The average Bonchev–Trinajstić information content (AvgIpc) is 2.78. The number of alkyl halides is 3. The van der Waals surface area contributed by atoms with Gasteiger partial charge in [-0.3, -0.25) is 4.79 Å².